The fourth-order valence-corrected chi connectivity index (χ4v) is 2.85. The van der Waals surface area contributed by atoms with Crippen molar-refractivity contribution in [2.45, 2.75) is 18.8 Å². The van der Waals surface area contributed by atoms with Gasteiger partial charge in [-0.05, 0) is 25.0 Å². The number of halogens is 1. The van der Waals surface area contributed by atoms with Crippen LogP contribution in [0.4, 0.5) is 16.0 Å². The molecule has 21 heavy (non-hydrogen) atoms. The van der Waals surface area contributed by atoms with E-state index in [1.807, 2.05) is 4.90 Å². The molecule has 1 N–H and O–H groups in total. The van der Waals surface area contributed by atoms with Crippen molar-refractivity contribution in [2.75, 3.05) is 36.0 Å². The van der Waals surface area contributed by atoms with Gasteiger partial charge in [0.1, 0.15) is 0 Å². The van der Waals surface area contributed by atoms with Crippen molar-refractivity contribution >= 4 is 11.6 Å². The largest absolute Gasteiger partial charge is 0.352 e. The minimum atomic E-state index is -0.248. The highest BCUT2D eigenvalue weighted by atomic mass is 19.1. The molecule has 2 aromatic heterocycles. The number of aromatic amines is 1. The zero-order valence-electron chi connectivity index (χ0n) is 11.8. The summed E-state index contributed by atoms with van der Waals surface area (Å²) in [6.45, 7) is 3.20. The molecular formula is C15H18FN5. The van der Waals surface area contributed by atoms with Crippen LogP contribution in [0.15, 0.2) is 24.4 Å². The number of pyridine rings is 1. The zero-order chi connectivity index (χ0) is 14.2. The van der Waals surface area contributed by atoms with Gasteiger partial charge in [-0.3, -0.25) is 5.10 Å². The molecule has 110 valence electrons. The number of piperazine rings is 1. The molecule has 0 amide bonds. The van der Waals surface area contributed by atoms with Crippen molar-refractivity contribution in [1.29, 1.82) is 0 Å². The average molecular weight is 287 g/mol. The fourth-order valence-electron chi connectivity index (χ4n) is 2.85. The lowest BCUT2D eigenvalue weighted by atomic mass is 10.2. The number of aromatic nitrogens is 3. The molecule has 2 fully saturated rings. The Bertz CT molecular complexity index is 628. The first-order chi connectivity index (χ1) is 10.3. The molecular weight excluding hydrogens is 269 g/mol. The Morgan fingerprint density at radius 3 is 2.62 bits per heavy atom. The molecule has 0 spiro atoms. The molecule has 1 aliphatic carbocycles. The summed E-state index contributed by atoms with van der Waals surface area (Å²) in [5.74, 6) is 1.91. The van der Waals surface area contributed by atoms with Crippen molar-refractivity contribution in [3.63, 3.8) is 0 Å². The molecule has 0 aromatic carbocycles. The molecule has 1 saturated carbocycles. The third-order valence-electron chi connectivity index (χ3n) is 4.24. The number of nitrogens with one attached hydrogen (secondary N) is 1. The van der Waals surface area contributed by atoms with Gasteiger partial charge in [-0.25, -0.2) is 9.37 Å². The first-order valence-corrected chi connectivity index (χ1v) is 7.47. The number of anilines is 2. The Hall–Kier alpha value is -2.11. The van der Waals surface area contributed by atoms with Crippen molar-refractivity contribution in [2.24, 2.45) is 0 Å². The van der Waals surface area contributed by atoms with Crippen molar-refractivity contribution in [3.05, 3.63) is 35.9 Å². The third-order valence-corrected chi connectivity index (χ3v) is 4.24. The first-order valence-electron chi connectivity index (χ1n) is 7.47. The highest BCUT2D eigenvalue weighted by Crippen LogP contribution is 2.39. The Kier molecular flexibility index (Phi) is 3.02. The number of hydrogen-bond donors (Lipinski definition) is 1. The molecule has 0 atom stereocenters. The Balaban J connectivity index is 1.43. The molecule has 5 nitrogen and oxygen atoms in total. The van der Waals surface area contributed by atoms with Gasteiger partial charge in [-0.15, -0.1) is 0 Å². The van der Waals surface area contributed by atoms with E-state index in [9.17, 15) is 4.39 Å². The summed E-state index contributed by atoms with van der Waals surface area (Å²) in [5.41, 5.74) is 1.25. The molecule has 2 aliphatic rings. The van der Waals surface area contributed by atoms with Gasteiger partial charge in [-0.1, -0.05) is 0 Å². The quantitative estimate of drug-likeness (QED) is 0.939. The van der Waals surface area contributed by atoms with E-state index in [1.165, 1.54) is 24.6 Å². The SMILES string of the molecule is Fc1cccnc1N1CCN(c2cc(C3CC3)[nH]n2)CC1. The van der Waals surface area contributed by atoms with Crippen LogP contribution in [-0.4, -0.2) is 41.4 Å². The van der Waals surface area contributed by atoms with E-state index >= 15 is 0 Å². The maximum Gasteiger partial charge on any atom is 0.165 e. The number of hydrogen-bond acceptors (Lipinski definition) is 4. The van der Waals surface area contributed by atoms with Crippen LogP contribution in [0.1, 0.15) is 24.5 Å². The van der Waals surface area contributed by atoms with Crippen LogP contribution in [0.25, 0.3) is 0 Å². The van der Waals surface area contributed by atoms with Gasteiger partial charge in [0.15, 0.2) is 17.5 Å². The van der Waals surface area contributed by atoms with Gasteiger partial charge in [0, 0.05) is 50.1 Å². The summed E-state index contributed by atoms with van der Waals surface area (Å²) in [5, 5.41) is 7.55. The highest BCUT2D eigenvalue weighted by Gasteiger charge is 2.27. The number of nitrogens with zero attached hydrogens (tertiary/aromatic N) is 4. The first kappa shape index (κ1) is 12.6. The molecule has 3 heterocycles. The maximum absolute atomic E-state index is 13.8. The second-order valence-corrected chi connectivity index (χ2v) is 5.74. The molecule has 0 bridgehead atoms. The van der Waals surface area contributed by atoms with Gasteiger partial charge in [0.2, 0.25) is 0 Å². The molecule has 6 heteroatoms. The molecule has 4 rings (SSSR count). The van der Waals surface area contributed by atoms with Crippen LogP contribution in [0.5, 0.6) is 0 Å². The van der Waals surface area contributed by atoms with Crippen molar-refractivity contribution < 1.29 is 4.39 Å². The predicted octanol–water partition coefficient (Wildman–Crippen LogP) is 2.15. The zero-order valence-corrected chi connectivity index (χ0v) is 11.8. The highest BCUT2D eigenvalue weighted by molar-refractivity contribution is 5.46. The third kappa shape index (κ3) is 2.46. The number of H-pyrrole nitrogens is 1. The van der Waals surface area contributed by atoms with Crippen LogP contribution in [0, 0.1) is 5.82 Å². The van der Waals surface area contributed by atoms with Crippen LogP contribution in [-0.2, 0) is 0 Å². The molecule has 0 unspecified atom stereocenters. The van der Waals surface area contributed by atoms with E-state index in [4.69, 9.17) is 0 Å². The van der Waals surface area contributed by atoms with Crippen LogP contribution < -0.4 is 9.80 Å². The summed E-state index contributed by atoms with van der Waals surface area (Å²) in [4.78, 5) is 8.40. The molecule has 1 aliphatic heterocycles. The van der Waals surface area contributed by atoms with Gasteiger partial charge in [0.05, 0.1) is 0 Å². The van der Waals surface area contributed by atoms with E-state index in [2.05, 4.69) is 26.1 Å². The molecule has 2 aromatic rings. The lowest BCUT2D eigenvalue weighted by molar-refractivity contribution is 0.587. The van der Waals surface area contributed by atoms with E-state index in [-0.39, 0.29) is 5.82 Å². The van der Waals surface area contributed by atoms with Crippen LogP contribution in [0.2, 0.25) is 0 Å². The fraction of sp³-hybridized carbons (Fsp3) is 0.467. The van der Waals surface area contributed by atoms with Gasteiger partial charge in [0.25, 0.3) is 0 Å². The minimum Gasteiger partial charge on any atom is -0.352 e. The standard InChI is InChI=1S/C15H18FN5/c16-12-2-1-5-17-15(12)21-8-6-20(7-9-21)14-10-13(18-19-14)11-3-4-11/h1-2,5,10-11H,3-4,6-9H2,(H,18,19). The summed E-state index contributed by atoms with van der Waals surface area (Å²) in [6.07, 6.45) is 4.18. The van der Waals surface area contributed by atoms with Crippen LogP contribution in [0.3, 0.4) is 0 Å². The Morgan fingerprint density at radius 1 is 1.14 bits per heavy atom. The predicted molar refractivity (Wildman–Crippen MR) is 79.2 cm³/mol. The monoisotopic (exact) mass is 287 g/mol. The summed E-state index contributed by atoms with van der Waals surface area (Å²) in [7, 11) is 0. The van der Waals surface area contributed by atoms with E-state index in [0.29, 0.717) is 11.7 Å². The smallest absolute Gasteiger partial charge is 0.165 e. The second-order valence-electron chi connectivity index (χ2n) is 5.74. The van der Waals surface area contributed by atoms with E-state index in [1.54, 1.807) is 12.3 Å². The second kappa shape index (κ2) is 5.02. The Morgan fingerprint density at radius 2 is 1.90 bits per heavy atom. The van der Waals surface area contributed by atoms with Gasteiger partial charge in [-0.2, -0.15) is 5.10 Å². The molecule has 0 radical (unpaired) electrons. The number of rotatable bonds is 3. The van der Waals surface area contributed by atoms with E-state index in [0.717, 1.165) is 32.0 Å². The summed E-state index contributed by atoms with van der Waals surface area (Å²) < 4.78 is 13.8. The van der Waals surface area contributed by atoms with Gasteiger partial charge < -0.3 is 9.80 Å². The molecule has 1 saturated heterocycles. The summed E-state index contributed by atoms with van der Waals surface area (Å²) >= 11 is 0. The summed E-state index contributed by atoms with van der Waals surface area (Å²) in [6, 6.07) is 5.25. The lowest BCUT2D eigenvalue weighted by Crippen LogP contribution is -2.47. The Labute approximate surface area is 122 Å². The normalized spacial score (nSPS) is 19.1. The lowest BCUT2D eigenvalue weighted by Gasteiger charge is -2.35. The van der Waals surface area contributed by atoms with Crippen molar-refractivity contribution in [3.8, 4) is 0 Å². The van der Waals surface area contributed by atoms with Crippen LogP contribution >= 0.6 is 0 Å². The van der Waals surface area contributed by atoms with Crippen molar-refractivity contribution in [1.82, 2.24) is 15.2 Å². The topological polar surface area (TPSA) is 48.1 Å². The minimum absolute atomic E-state index is 0.248. The average Bonchev–Trinajstić information content (AvgIpc) is 3.26. The van der Waals surface area contributed by atoms with E-state index < -0.39 is 0 Å². The van der Waals surface area contributed by atoms with Gasteiger partial charge >= 0.3 is 0 Å². The maximum atomic E-state index is 13.8.